The van der Waals surface area contributed by atoms with E-state index in [9.17, 15) is 0 Å². The highest BCUT2D eigenvalue weighted by Crippen LogP contribution is 2.48. The van der Waals surface area contributed by atoms with Crippen LogP contribution in [0.1, 0.15) is 47.0 Å². The Hall–Kier alpha value is 0.834. The van der Waals surface area contributed by atoms with E-state index in [4.69, 9.17) is 9.16 Å². The van der Waals surface area contributed by atoms with Gasteiger partial charge in [-0.15, -0.1) is 0 Å². The van der Waals surface area contributed by atoms with Crippen LogP contribution in [0.15, 0.2) is 0 Å². The molecule has 132 valence electrons. The Labute approximate surface area is 149 Å². The van der Waals surface area contributed by atoms with Crippen LogP contribution in [-0.4, -0.2) is 33.1 Å². The maximum Gasteiger partial charge on any atom is 0.195 e. The molecule has 0 bridgehead atoms. The zero-order valence-corrected chi connectivity index (χ0v) is 19.8. The molecule has 0 radical (unpaired) electrons. The summed E-state index contributed by atoms with van der Waals surface area (Å²) >= 11 is 4.08. The van der Waals surface area contributed by atoms with E-state index < -0.39 is 16.4 Å². The Balaban J connectivity index is 2.97. The van der Waals surface area contributed by atoms with E-state index in [2.05, 4.69) is 76.4 Å². The summed E-state index contributed by atoms with van der Waals surface area (Å²) in [4.78, 5) is 0. The molecule has 3 atom stereocenters. The van der Waals surface area contributed by atoms with Crippen LogP contribution >= 0.6 is 15.9 Å². The third kappa shape index (κ3) is 5.43. The zero-order chi connectivity index (χ0) is 17.4. The first-order valence-corrected chi connectivity index (χ1v) is 16.1. The second-order valence-corrected chi connectivity index (χ2v) is 21.5. The van der Waals surface area contributed by atoms with Gasteiger partial charge in [-0.2, -0.15) is 0 Å². The normalized spacial score (nSPS) is 30.8. The average Bonchev–Trinajstić information content (AvgIpc) is 2.50. The molecule has 0 N–H and O–H groups in total. The molecule has 1 aliphatic rings. The lowest BCUT2D eigenvalue weighted by atomic mass is 10.0. The molecule has 2 nitrogen and oxygen atoms in total. The van der Waals surface area contributed by atoms with E-state index in [0.29, 0.717) is 6.10 Å². The quantitative estimate of drug-likeness (QED) is 0.373. The Morgan fingerprint density at radius 2 is 1.73 bits per heavy atom. The molecule has 0 unspecified atom stereocenters. The molecule has 5 heteroatoms. The lowest BCUT2D eigenvalue weighted by molar-refractivity contribution is -0.0897. The van der Waals surface area contributed by atoms with Gasteiger partial charge in [0.1, 0.15) is 0 Å². The molecule has 22 heavy (non-hydrogen) atoms. The molecule has 1 fully saturated rings. The van der Waals surface area contributed by atoms with Crippen LogP contribution in [-0.2, 0) is 9.16 Å². The Morgan fingerprint density at radius 1 is 1.18 bits per heavy atom. The van der Waals surface area contributed by atoms with Crippen LogP contribution in [0.4, 0.5) is 0 Å². The van der Waals surface area contributed by atoms with Crippen molar-refractivity contribution in [2.45, 2.75) is 107 Å². The van der Waals surface area contributed by atoms with Crippen LogP contribution in [0.5, 0.6) is 0 Å². The molecule has 0 aliphatic carbocycles. The summed E-state index contributed by atoms with van der Waals surface area (Å²) in [5.41, 5.74) is 0. The first-order valence-electron chi connectivity index (χ1n) is 8.72. The van der Waals surface area contributed by atoms with Gasteiger partial charge in [-0.1, -0.05) is 69.7 Å². The number of hydrogen-bond acceptors (Lipinski definition) is 2. The van der Waals surface area contributed by atoms with Gasteiger partial charge < -0.3 is 9.16 Å². The summed E-state index contributed by atoms with van der Waals surface area (Å²) in [6, 6.07) is 1.21. The van der Waals surface area contributed by atoms with Crippen molar-refractivity contribution >= 4 is 32.3 Å². The van der Waals surface area contributed by atoms with Gasteiger partial charge in [0.2, 0.25) is 0 Å². The highest BCUT2D eigenvalue weighted by molar-refractivity contribution is 9.10. The van der Waals surface area contributed by atoms with Crippen LogP contribution in [0.2, 0.25) is 43.8 Å². The van der Waals surface area contributed by atoms with Gasteiger partial charge in [-0.3, -0.25) is 0 Å². The largest absolute Gasteiger partial charge is 0.391 e. The molecule has 0 aromatic heterocycles. The number of hydrogen-bond donors (Lipinski definition) is 0. The predicted molar refractivity (Wildman–Crippen MR) is 106 cm³/mol. The molecular formula is C17H37BrO2Si2. The summed E-state index contributed by atoms with van der Waals surface area (Å²) in [6.07, 6.45) is 3.65. The second-order valence-electron chi connectivity index (χ2n) is 9.73. The van der Waals surface area contributed by atoms with Gasteiger partial charge in [-0.05, 0) is 37.0 Å². The standard InChI is InChI=1S/C17H37BrO2Si2/c1-10-11-14-12-17(18,13-21(5,6)7)15(19-14)20-22(8,9)16(2,3)4/h14-15H,10-13H2,1-9H3/t14-,15-,17-/m0/s1. The second kappa shape index (κ2) is 6.99. The molecule has 0 amide bonds. The van der Waals surface area contributed by atoms with Crippen molar-refractivity contribution in [3.63, 3.8) is 0 Å². The van der Waals surface area contributed by atoms with Gasteiger partial charge in [-0.25, -0.2) is 0 Å². The van der Waals surface area contributed by atoms with E-state index in [0.717, 1.165) is 12.8 Å². The fourth-order valence-electron chi connectivity index (χ4n) is 2.93. The van der Waals surface area contributed by atoms with Crippen molar-refractivity contribution < 1.29 is 9.16 Å². The van der Waals surface area contributed by atoms with Gasteiger partial charge >= 0.3 is 0 Å². The van der Waals surface area contributed by atoms with Gasteiger partial charge in [0.05, 0.1) is 10.4 Å². The van der Waals surface area contributed by atoms with Crippen LogP contribution in [0.25, 0.3) is 0 Å². The third-order valence-corrected chi connectivity index (χ3v) is 12.6. The van der Waals surface area contributed by atoms with Crippen LogP contribution < -0.4 is 0 Å². The van der Waals surface area contributed by atoms with E-state index in [1.807, 2.05) is 0 Å². The number of rotatable bonds is 6. The molecule has 1 aliphatic heterocycles. The van der Waals surface area contributed by atoms with Gasteiger partial charge in [0, 0.05) is 8.07 Å². The minimum atomic E-state index is -1.83. The summed E-state index contributed by atoms with van der Waals surface area (Å²) in [5.74, 6) is 0. The first-order chi connectivity index (χ1) is 9.70. The zero-order valence-electron chi connectivity index (χ0n) is 16.2. The van der Waals surface area contributed by atoms with E-state index in [-0.39, 0.29) is 15.7 Å². The maximum atomic E-state index is 6.69. The lowest BCUT2D eigenvalue weighted by Gasteiger charge is -2.42. The molecule has 0 spiro atoms. The topological polar surface area (TPSA) is 18.5 Å². The minimum absolute atomic E-state index is 0.00677. The van der Waals surface area contributed by atoms with Crippen molar-refractivity contribution in [3.8, 4) is 0 Å². The SMILES string of the molecule is CCC[C@H]1C[C@](Br)(C[Si](C)(C)C)[C@H](O[Si](C)(C)C(C)(C)C)O1. The van der Waals surface area contributed by atoms with E-state index in [1.54, 1.807) is 0 Å². The van der Waals surface area contributed by atoms with E-state index in [1.165, 1.54) is 12.5 Å². The first kappa shape index (κ1) is 20.9. The molecule has 0 saturated carbocycles. The van der Waals surface area contributed by atoms with E-state index >= 15 is 0 Å². The molecule has 0 aromatic rings. The van der Waals surface area contributed by atoms with Crippen LogP contribution in [0.3, 0.4) is 0 Å². The summed E-state index contributed by atoms with van der Waals surface area (Å²) in [6.45, 7) is 21.1. The summed E-state index contributed by atoms with van der Waals surface area (Å²) < 4.78 is 13.1. The molecule has 0 aromatic carbocycles. The number of halogens is 1. The summed E-state index contributed by atoms with van der Waals surface area (Å²) in [5, 5.41) is 0.215. The Morgan fingerprint density at radius 3 is 2.14 bits per heavy atom. The van der Waals surface area contributed by atoms with Crippen molar-refractivity contribution in [2.75, 3.05) is 0 Å². The average molecular weight is 410 g/mol. The molecular weight excluding hydrogens is 372 g/mol. The van der Waals surface area contributed by atoms with Crippen molar-refractivity contribution in [1.82, 2.24) is 0 Å². The van der Waals surface area contributed by atoms with Gasteiger partial charge in [0.25, 0.3) is 0 Å². The molecule has 1 rings (SSSR count). The fourth-order valence-corrected chi connectivity index (χ4v) is 9.43. The Kier molecular flexibility index (Phi) is 6.63. The highest BCUT2D eigenvalue weighted by Gasteiger charge is 2.52. The Bertz CT molecular complexity index is 374. The monoisotopic (exact) mass is 408 g/mol. The molecule has 1 heterocycles. The van der Waals surface area contributed by atoms with Crippen molar-refractivity contribution in [1.29, 1.82) is 0 Å². The van der Waals surface area contributed by atoms with Crippen molar-refractivity contribution in [3.05, 3.63) is 0 Å². The number of ether oxygens (including phenoxy) is 1. The maximum absolute atomic E-state index is 6.69. The van der Waals surface area contributed by atoms with Gasteiger partial charge in [0.15, 0.2) is 14.6 Å². The number of alkyl halides is 1. The fraction of sp³-hybridized carbons (Fsp3) is 1.00. The minimum Gasteiger partial charge on any atom is -0.391 e. The molecule has 1 saturated heterocycles. The third-order valence-electron chi connectivity index (χ3n) is 4.95. The predicted octanol–water partition coefficient (Wildman–Crippen LogP) is 6.40. The highest BCUT2D eigenvalue weighted by atomic mass is 79.9. The van der Waals surface area contributed by atoms with Crippen LogP contribution in [0, 0.1) is 0 Å². The summed E-state index contributed by atoms with van der Waals surface area (Å²) in [7, 11) is -3.03. The smallest absolute Gasteiger partial charge is 0.195 e. The lowest BCUT2D eigenvalue weighted by Crippen LogP contribution is -2.50. The van der Waals surface area contributed by atoms with Crippen molar-refractivity contribution in [2.24, 2.45) is 0 Å².